The molecule has 1 N–H and O–H groups in total. The minimum atomic E-state index is -0.738. The second-order valence-corrected chi connectivity index (χ2v) is 2.88. The Morgan fingerprint density at radius 2 is 2.36 bits per heavy atom. The number of methoxy groups -OCH3 is 1. The topological polar surface area (TPSA) is 38.7 Å². The molecule has 1 rings (SSSR count). The molecule has 1 fully saturated rings. The Hall–Kier alpha value is -0.380. The average Bonchev–Trinajstić information content (AvgIpc) is 2.30. The van der Waals surface area contributed by atoms with E-state index in [9.17, 15) is 5.11 Å². The molecule has 0 aromatic rings. The number of aliphatic hydroxyl groups excluding tert-OH is 1. The lowest BCUT2D eigenvalue weighted by atomic mass is 10.00. The van der Waals surface area contributed by atoms with E-state index in [-0.39, 0.29) is 12.2 Å². The highest BCUT2D eigenvalue weighted by atomic mass is 16.7. The first kappa shape index (κ1) is 8.71. The van der Waals surface area contributed by atoms with Gasteiger partial charge in [0.1, 0.15) is 0 Å². The molecule has 2 unspecified atom stereocenters. The lowest BCUT2D eigenvalue weighted by molar-refractivity contribution is -0.178. The lowest BCUT2D eigenvalue weighted by Crippen LogP contribution is -2.15. The summed E-state index contributed by atoms with van der Waals surface area (Å²) in [5, 5.41) is 9.30. The maximum Gasteiger partial charge on any atom is 0.164 e. The highest BCUT2D eigenvalue weighted by molar-refractivity contribution is 5.00. The molecule has 0 radical (unpaired) electrons. The van der Waals surface area contributed by atoms with Crippen molar-refractivity contribution in [2.75, 3.05) is 7.11 Å². The van der Waals surface area contributed by atoms with Crippen LogP contribution in [-0.4, -0.2) is 24.8 Å². The summed E-state index contributed by atoms with van der Waals surface area (Å²) in [6, 6.07) is 0. The highest BCUT2D eigenvalue weighted by Crippen LogP contribution is 2.29. The minimum absolute atomic E-state index is 0.0277. The van der Waals surface area contributed by atoms with Gasteiger partial charge in [0.2, 0.25) is 0 Å². The fourth-order valence-electron chi connectivity index (χ4n) is 1.23. The fourth-order valence-corrected chi connectivity index (χ4v) is 1.23. The second kappa shape index (κ2) is 3.34. The molecule has 1 heterocycles. The predicted molar refractivity (Wildman–Crippen MR) is 40.8 cm³/mol. The van der Waals surface area contributed by atoms with Crippen molar-refractivity contribution in [1.82, 2.24) is 0 Å². The highest BCUT2D eigenvalue weighted by Gasteiger charge is 2.33. The van der Waals surface area contributed by atoms with E-state index in [1.165, 1.54) is 0 Å². The number of aliphatic hydroxyl groups is 1. The Balaban J connectivity index is 2.51. The van der Waals surface area contributed by atoms with Crippen molar-refractivity contribution in [3.8, 4) is 0 Å². The maximum atomic E-state index is 9.30. The molecule has 3 heteroatoms. The van der Waals surface area contributed by atoms with Crippen LogP contribution in [0.15, 0.2) is 12.2 Å². The zero-order chi connectivity index (χ0) is 8.43. The summed E-state index contributed by atoms with van der Waals surface area (Å²) in [5.74, 6) is 0.0277. The molecule has 1 aliphatic heterocycles. The smallest absolute Gasteiger partial charge is 0.164 e. The standard InChI is InChI=1S/C8H14O3/c1-5(2)6-4-7(10-3)11-8(6)9/h6-9H,1,4H2,2-3H3/t6?,7-,8?/m1/s1. The van der Waals surface area contributed by atoms with Crippen LogP contribution in [0, 0.1) is 5.92 Å². The molecular weight excluding hydrogens is 144 g/mol. The summed E-state index contributed by atoms with van der Waals surface area (Å²) in [7, 11) is 1.57. The van der Waals surface area contributed by atoms with E-state index in [1.807, 2.05) is 6.92 Å². The first-order chi connectivity index (χ1) is 5.15. The van der Waals surface area contributed by atoms with Gasteiger partial charge in [-0.15, -0.1) is 0 Å². The number of hydrogen-bond donors (Lipinski definition) is 1. The van der Waals surface area contributed by atoms with E-state index in [2.05, 4.69) is 6.58 Å². The molecule has 1 aliphatic rings. The largest absolute Gasteiger partial charge is 0.367 e. The van der Waals surface area contributed by atoms with Gasteiger partial charge in [-0.1, -0.05) is 12.2 Å². The molecule has 0 bridgehead atoms. The average molecular weight is 158 g/mol. The van der Waals surface area contributed by atoms with Crippen LogP contribution in [0.5, 0.6) is 0 Å². The fraction of sp³-hybridized carbons (Fsp3) is 0.750. The van der Waals surface area contributed by atoms with Crippen molar-refractivity contribution in [3.63, 3.8) is 0 Å². The molecular formula is C8H14O3. The van der Waals surface area contributed by atoms with Crippen LogP contribution in [-0.2, 0) is 9.47 Å². The van der Waals surface area contributed by atoms with Gasteiger partial charge in [-0.05, 0) is 6.92 Å². The van der Waals surface area contributed by atoms with Crippen molar-refractivity contribution >= 4 is 0 Å². The molecule has 1 saturated heterocycles. The van der Waals surface area contributed by atoms with Crippen LogP contribution in [0.3, 0.4) is 0 Å². The van der Waals surface area contributed by atoms with Crippen LogP contribution < -0.4 is 0 Å². The van der Waals surface area contributed by atoms with Gasteiger partial charge in [-0.2, -0.15) is 0 Å². The molecule has 0 amide bonds. The minimum Gasteiger partial charge on any atom is -0.367 e. The second-order valence-electron chi connectivity index (χ2n) is 2.88. The van der Waals surface area contributed by atoms with Crippen LogP contribution in [0.4, 0.5) is 0 Å². The van der Waals surface area contributed by atoms with Crippen molar-refractivity contribution in [1.29, 1.82) is 0 Å². The summed E-state index contributed by atoms with van der Waals surface area (Å²) in [5.41, 5.74) is 0.942. The third-order valence-electron chi connectivity index (χ3n) is 1.98. The maximum absolute atomic E-state index is 9.30. The molecule has 11 heavy (non-hydrogen) atoms. The van der Waals surface area contributed by atoms with Crippen LogP contribution in [0.2, 0.25) is 0 Å². The summed E-state index contributed by atoms with van der Waals surface area (Å²) in [6.45, 7) is 5.64. The molecule has 0 spiro atoms. The summed E-state index contributed by atoms with van der Waals surface area (Å²) < 4.78 is 10.00. The molecule has 64 valence electrons. The van der Waals surface area contributed by atoms with E-state index in [4.69, 9.17) is 9.47 Å². The van der Waals surface area contributed by atoms with Crippen molar-refractivity contribution in [2.24, 2.45) is 5.92 Å². The van der Waals surface area contributed by atoms with E-state index in [0.29, 0.717) is 6.42 Å². The normalized spacial score (nSPS) is 37.5. The molecule has 0 saturated carbocycles. The van der Waals surface area contributed by atoms with Gasteiger partial charge in [0.05, 0.1) is 0 Å². The Morgan fingerprint density at radius 1 is 1.73 bits per heavy atom. The first-order valence-electron chi connectivity index (χ1n) is 3.67. The quantitative estimate of drug-likeness (QED) is 0.606. The zero-order valence-electron chi connectivity index (χ0n) is 6.91. The van der Waals surface area contributed by atoms with Crippen LogP contribution >= 0.6 is 0 Å². The predicted octanol–water partition coefficient (Wildman–Crippen LogP) is 0.890. The van der Waals surface area contributed by atoms with E-state index in [1.54, 1.807) is 7.11 Å². The van der Waals surface area contributed by atoms with Crippen molar-refractivity contribution in [2.45, 2.75) is 25.9 Å². The molecule has 0 aliphatic carbocycles. The summed E-state index contributed by atoms with van der Waals surface area (Å²) in [6.07, 6.45) is -0.309. The molecule has 3 atom stereocenters. The summed E-state index contributed by atoms with van der Waals surface area (Å²) >= 11 is 0. The first-order valence-corrected chi connectivity index (χ1v) is 3.67. The van der Waals surface area contributed by atoms with Crippen molar-refractivity contribution < 1.29 is 14.6 Å². The Morgan fingerprint density at radius 3 is 2.64 bits per heavy atom. The molecule has 0 aromatic heterocycles. The number of ether oxygens (including phenoxy) is 2. The van der Waals surface area contributed by atoms with Gasteiger partial charge < -0.3 is 14.6 Å². The third kappa shape index (κ3) is 1.80. The van der Waals surface area contributed by atoms with Crippen LogP contribution in [0.25, 0.3) is 0 Å². The van der Waals surface area contributed by atoms with Crippen molar-refractivity contribution in [3.05, 3.63) is 12.2 Å². The Labute approximate surface area is 66.6 Å². The summed E-state index contributed by atoms with van der Waals surface area (Å²) in [4.78, 5) is 0. The van der Waals surface area contributed by atoms with Gasteiger partial charge in [0.25, 0.3) is 0 Å². The third-order valence-corrected chi connectivity index (χ3v) is 1.98. The Kier molecular flexibility index (Phi) is 2.65. The molecule has 0 aromatic carbocycles. The Bertz CT molecular complexity index is 155. The molecule has 3 nitrogen and oxygen atoms in total. The van der Waals surface area contributed by atoms with E-state index < -0.39 is 6.29 Å². The van der Waals surface area contributed by atoms with Gasteiger partial charge in [0, 0.05) is 19.4 Å². The van der Waals surface area contributed by atoms with Crippen LogP contribution in [0.1, 0.15) is 13.3 Å². The van der Waals surface area contributed by atoms with Gasteiger partial charge in [-0.3, -0.25) is 0 Å². The number of hydrogen-bond acceptors (Lipinski definition) is 3. The van der Waals surface area contributed by atoms with E-state index >= 15 is 0 Å². The van der Waals surface area contributed by atoms with Gasteiger partial charge >= 0.3 is 0 Å². The zero-order valence-corrected chi connectivity index (χ0v) is 6.91. The van der Waals surface area contributed by atoms with Gasteiger partial charge in [0.15, 0.2) is 12.6 Å². The lowest BCUT2D eigenvalue weighted by Gasteiger charge is -2.10. The van der Waals surface area contributed by atoms with Gasteiger partial charge in [-0.25, -0.2) is 0 Å². The van der Waals surface area contributed by atoms with E-state index in [0.717, 1.165) is 5.57 Å². The SMILES string of the molecule is C=C(C)C1C[C@H](OC)OC1O. The monoisotopic (exact) mass is 158 g/mol. The number of rotatable bonds is 2.